The fraction of sp³-hybridized carbons (Fsp3) is 0.188. The maximum atomic E-state index is 13.4. The molecule has 2 aromatic rings. The molecule has 0 aliphatic carbocycles. The summed E-state index contributed by atoms with van der Waals surface area (Å²) in [6, 6.07) is 13.6. The van der Waals surface area contributed by atoms with E-state index in [1.54, 1.807) is 6.07 Å². The molecule has 20 heavy (non-hydrogen) atoms. The average molecular weight is 293 g/mol. The van der Waals surface area contributed by atoms with Crippen molar-refractivity contribution >= 4 is 17.4 Å². The lowest BCUT2D eigenvalue weighted by molar-refractivity contribution is -0.128. The SMILES string of the molecule is COC(C(=O)Cc1cccc(F)c1Cl)c1ccccc1. The number of hydrogen-bond donors (Lipinski definition) is 0. The van der Waals surface area contributed by atoms with Crippen LogP contribution >= 0.6 is 11.6 Å². The molecule has 4 heteroatoms. The monoisotopic (exact) mass is 292 g/mol. The number of hydrogen-bond acceptors (Lipinski definition) is 2. The summed E-state index contributed by atoms with van der Waals surface area (Å²) < 4.78 is 18.6. The van der Waals surface area contributed by atoms with Crippen LogP contribution in [0.2, 0.25) is 5.02 Å². The third-order valence-electron chi connectivity index (χ3n) is 3.03. The van der Waals surface area contributed by atoms with Crippen LogP contribution in [0.15, 0.2) is 48.5 Å². The highest BCUT2D eigenvalue weighted by molar-refractivity contribution is 6.31. The number of Topliss-reactive ketones (excluding diaryl/α,β-unsaturated/α-hetero) is 1. The van der Waals surface area contributed by atoms with E-state index in [1.165, 1.54) is 19.2 Å². The van der Waals surface area contributed by atoms with Crippen LogP contribution in [0.4, 0.5) is 4.39 Å². The normalized spacial score (nSPS) is 12.2. The van der Waals surface area contributed by atoms with Gasteiger partial charge in [-0.05, 0) is 17.2 Å². The molecule has 0 fully saturated rings. The molecule has 0 radical (unpaired) electrons. The van der Waals surface area contributed by atoms with Crippen molar-refractivity contribution in [2.75, 3.05) is 7.11 Å². The molecule has 1 atom stereocenters. The summed E-state index contributed by atoms with van der Waals surface area (Å²) in [5.41, 5.74) is 1.24. The Hall–Kier alpha value is -1.71. The summed E-state index contributed by atoms with van der Waals surface area (Å²) in [7, 11) is 1.47. The summed E-state index contributed by atoms with van der Waals surface area (Å²) in [4.78, 5) is 12.3. The van der Waals surface area contributed by atoms with E-state index in [2.05, 4.69) is 0 Å². The van der Waals surface area contributed by atoms with Gasteiger partial charge in [-0.2, -0.15) is 0 Å². The van der Waals surface area contributed by atoms with Gasteiger partial charge < -0.3 is 4.74 Å². The minimum Gasteiger partial charge on any atom is -0.369 e. The molecule has 104 valence electrons. The Balaban J connectivity index is 2.20. The molecule has 0 amide bonds. The highest BCUT2D eigenvalue weighted by Gasteiger charge is 2.21. The molecule has 0 aromatic heterocycles. The van der Waals surface area contributed by atoms with Crippen molar-refractivity contribution in [3.63, 3.8) is 0 Å². The van der Waals surface area contributed by atoms with E-state index in [0.717, 1.165) is 5.56 Å². The number of carbonyl (C=O) groups excluding carboxylic acids is 1. The van der Waals surface area contributed by atoms with Crippen molar-refractivity contribution in [2.24, 2.45) is 0 Å². The van der Waals surface area contributed by atoms with Crippen LogP contribution in [-0.4, -0.2) is 12.9 Å². The number of ketones is 1. The van der Waals surface area contributed by atoms with E-state index in [0.29, 0.717) is 5.56 Å². The minimum atomic E-state index is -0.671. The molecule has 0 aliphatic rings. The molecule has 2 nitrogen and oxygen atoms in total. The summed E-state index contributed by atoms with van der Waals surface area (Å²) in [5, 5.41) is -0.0104. The number of carbonyl (C=O) groups is 1. The summed E-state index contributed by atoms with van der Waals surface area (Å²) in [6.07, 6.45) is -0.639. The topological polar surface area (TPSA) is 26.3 Å². The average Bonchev–Trinajstić information content (AvgIpc) is 2.46. The smallest absolute Gasteiger partial charge is 0.170 e. The molecule has 0 heterocycles. The zero-order valence-electron chi connectivity index (χ0n) is 11.0. The molecule has 0 N–H and O–H groups in total. The van der Waals surface area contributed by atoms with Gasteiger partial charge in [0.25, 0.3) is 0 Å². The minimum absolute atomic E-state index is 0.0104. The van der Waals surface area contributed by atoms with Crippen LogP contribution in [0.5, 0.6) is 0 Å². The zero-order chi connectivity index (χ0) is 14.5. The Morgan fingerprint density at radius 2 is 1.90 bits per heavy atom. The highest BCUT2D eigenvalue weighted by atomic mass is 35.5. The van der Waals surface area contributed by atoms with Gasteiger partial charge in [-0.1, -0.05) is 54.1 Å². The fourth-order valence-electron chi connectivity index (χ4n) is 2.05. The van der Waals surface area contributed by atoms with E-state index in [1.807, 2.05) is 30.3 Å². The summed E-state index contributed by atoms with van der Waals surface area (Å²) in [5.74, 6) is -0.683. The molecule has 2 aromatic carbocycles. The summed E-state index contributed by atoms with van der Waals surface area (Å²) >= 11 is 5.86. The molecule has 0 saturated carbocycles. The van der Waals surface area contributed by atoms with E-state index in [4.69, 9.17) is 16.3 Å². The van der Waals surface area contributed by atoms with Crippen LogP contribution in [-0.2, 0) is 16.0 Å². The molecule has 0 bridgehead atoms. The first-order valence-electron chi connectivity index (χ1n) is 6.17. The lowest BCUT2D eigenvalue weighted by Gasteiger charge is -2.15. The van der Waals surface area contributed by atoms with Gasteiger partial charge >= 0.3 is 0 Å². The lowest BCUT2D eigenvalue weighted by atomic mass is 10.00. The Labute approximate surface area is 122 Å². The molecule has 2 rings (SSSR count). The van der Waals surface area contributed by atoms with E-state index in [-0.39, 0.29) is 17.2 Å². The maximum Gasteiger partial charge on any atom is 0.170 e. The number of ether oxygens (including phenoxy) is 1. The van der Waals surface area contributed by atoms with Gasteiger partial charge in [0.2, 0.25) is 0 Å². The Bertz CT molecular complexity index is 599. The first-order chi connectivity index (χ1) is 9.63. The van der Waals surface area contributed by atoms with Crippen LogP contribution < -0.4 is 0 Å². The lowest BCUT2D eigenvalue weighted by Crippen LogP contribution is -2.17. The van der Waals surface area contributed by atoms with Crippen molar-refractivity contribution in [3.8, 4) is 0 Å². The van der Waals surface area contributed by atoms with E-state index in [9.17, 15) is 9.18 Å². The summed E-state index contributed by atoms with van der Waals surface area (Å²) in [6.45, 7) is 0. The first kappa shape index (κ1) is 14.7. The van der Waals surface area contributed by atoms with Crippen molar-refractivity contribution in [1.29, 1.82) is 0 Å². The predicted octanol–water partition coefficient (Wildman–Crippen LogP) is 3.98. The van der Waals surface area contributed by atoms with Crippen molar-refractivity contribution in [2.45, 2.75) is 12.5 Å². The molecular formula is C16H14ClFO2. The Kier molecular flexibility index (Phi) is 4.88. The van der Waals surface area contributed by atoms with Gasteiger partial charge in [0.05, 0.1) is 5.02 Å². The predicted molar refractivity (Wildman–Crippen MR) is 76.3 cm³/mol. The largest absolute Gasteiger partial charge is 0.369 e. The van der Waals surface area contributed by atoms with Gasteiger partial charge in [-0.3, -0.25) is 4.79 Å². The molecule has 0 spiro atoms. The highest BCUT2D eigenvalue weighted by Crippen LogP contribution is 2.24. The van der Waals surface area contributed by atoms with Crippen molar-refractivity contribution in [1.82, 2.24) is 0 Å². The van der Waals surface area contributed by atoms with Crippen LogP contribution in [0.25, 0.3) is 0 Å². The van der Waals surface area contributed by atoms with Crippen LogP contribution in [0.3, 0.4) is 0 Å². The number of halogens is 2. The molecule has 0 saturated heterocycles. The van der Waals surface area contributed by atoms with Crippen LogP contribution in [0.1, 0.15) is 17.2 Å². The van der Waals surface area contributed by atoms with Gasteiger partial charge in [-0.15, -0.1) is 0 Å². The Morgan fingerprint density at radius 3 is 2.55 bits per heavy atom. The van der Waals surface area contributed by atoms with Crippen LogP contribution in [0, 0.1) is 5.82 Å². The zero-order valence-corrected chi connectivity index (χ0v) is 11.7. The third kappa shape index (κ3) is 3.24. The number of rotatable bonds is 5. The molecule has 1 unspecified atom stereocenters. The number of benzene rings is 2. The second kappa shape index (κ2) is 6.64. The quantitative estimate of drug-likeness (QED) is 0.833. The van der Waals surface area contributed by atoms with Gasteiger partial charge in [0.15, 0.2) is 5.78 Å². The second-order valence-electron chi connectivity index (χ2n) is 4.38. The van der Waals surface area contributed by atoms with E-state index < -0.39 is 11.9 Å². The first-order valence-corrected chi connectivity index (χ1v) is 6.54. The second-order valence-corrected chi connectivity index (χ2v) is 4.76. The fourth-order valence-corrected chi connectivity index (χ4v) is 2.24. The molecule has 0 aliphatic heterocycles. The van der Waals surface area contributed by atoms with Crippen molar-refractivity contribution in [3.05, 3.63) is 70.5 Å². The standard InChI is InChI=1S/C16H14ClFO2/c1-20-16(11-6-3-2-4-7-11)14(19)10-12-8-5-9-13(18)15(12)17/h2-9,16H,10H2,1H3. The van der Waals surface area contributed by atoms with Gasteiger partial charge in [0, 0.05) is 13.5 Å². The third-order valence-corrected chi connectivity index (χ3v) is 3.45. The van der Waals surface area contributed by atoms with Gasteiger partial charge in [0.1, 0.15) is 11.9 Å². The van der Waals surface area contributed by atoms with Crippen molar-refractivity contribution < 1.29 is 13.9 Å². The molecular weight excluding hydrogens is 279 g/mol. The van der Waals surface area contributed by atoms with E-state index >= 15 is 0 Å². The maximum absolute atomic E-state index is 13.4. The number of methoxy groups -OCH3 is 1. The Morgan fingerprint density at radius 1 is 1.20 bits per heavy atom. The van der Waals surface area contributed by atoms with Gasteiger partial charge in [-0.25, -0.2) is 4.39 Å².